The van der Waals surface area contributed by atoms with Crippen molar-refractivity contribution >= 4 is 0 Å². The molecule has 0 aromatic heterocycles. The van der Waals surface area contributed by atoms with Gasteiger partial charge in [-0.1, -0.05) is 74.5 Å². The number of piperazine rings is 1. The van der Waals surface area contributed by atoms with E-state index in [-0.39, 0.29) is 11.9 Å². The second-order valence-electron chi connectivity index (χ2n) is 8.70. The highest BCUT2D eigenvalue weighted by molar-refractivity contribution is 5.71. The minimum atomic E-state index is -0.176. The zero-order valence-corrected chi connectivity index (χ0v) is 18.2. The molecule has 2 nitrogen and oxygen atoms in total. The van der Waals surface area contributed by atoms with E-state index in [1.165, 1.54) is 27.8 Å². The van der Waals surface area contributed by atoms with Crippen LogP contribution in [0.5, 0.6) is 0 Å². The summed E-state index contributed by atoms with van der Waals surface area (Å²) >= 11 is 0. The standard InChI is InChI=1S/C27H31FN2/c1-20(2)24-9-6-7-11-26(24)25-10-5-4-8-22(25)18-30-17-16-29(3)19-27(30)21-12-14-23(28)15-13-21/h4-15,20,27H,16-19H2,1-3H3/t27-/m1/s1. The summed E-state index contributed by atoms with van der Waals surface area (Å²) in [4.78, 5) is 4.91. The molecule has 156 valence electrons. The third-order valence-electron chi connectivity index (χ3n) is 6.21. The second-order valence-corrected chi connectivity index (χ2v) is 8.70. The molecular formula is C27H31FN2. The molecule has 0 N–H and O–H groups in total. The van der Waals surface area contributed by atoms with Crippen LogP contribution in [0.1, 0.15) is 42.5 Å². The van der Waals surface area contributed by atoms with Crippen LogP contribution in [0.15, 0.2) is 72.8 Å². The van der Waals surface area contributed by atoms with Gasteiger partial charge in [0.05, 0.1) is 0 Å². The summed E-state index contributed by atoms with van der Waals surface area (Å²) in [6.07, 6.45) is 0. The highest BCUT2D eigenvalue weighted by atomic mass is 19.1. The van der Waals surface area contributed by atoms with E-state index in [9.17, 15) is 4.39 Å². The molecule has 1 atom stereocenters. The fourth-order valence-corrected chi connectivity index (χ4v) is 4.53. The molecule has 0 unspecified atom stereocenters. The number of rotatable bonds is 5. The molecular weight excluding hydrogens is 371 g/mol. The van der Waals surface area contributed by atoms with Gasteiger partial charge >= 0.3 is 0 Å². The fourth-order valence-electron chi connectivity index (χ4n) is 4.53. The average molecular weight is 403 g/mol. The summed E-state index contributed by atoms with van der Waals surface area (Å²) < 4.78 is 13.5. The Morgan fingerprint density at radius 2 is 1.53 bits per heavy atom. The summed E-state index contributed by atoms with van der Waals surface area (Å²) in [7, 11) is 2.17. The van der Waals surface area contributed by atoms with Gasteiger partial charge in [-0.15, -0.1) is 0 Å². The van der Waals surface area contributed by atoms with Crippen molar-refractivity contribution in [3.05, 3.63) is 95.3 Å². The highest BCUT2D eigenvalue weighted by Crippen LogP contribution is 2.34. The Morgan fingerprint density at radius 3 is 2.27 bits per heavy atom. The van der Waals surface area contributed by atoms with E-state index in [4.69, 9.17) is 0 Å². The van der Waals surface area contributed by atoms with Gasteiger partial charge in [0.25, 0.3) is 0 Å². The van der Waals surface area contributed by atoms with Crippen molar-refractivity contribution in [3.63, 3.8) is 0 Å². The Balaban J connectivity index is 1.68. The van der Waals surface area contributed by atoms with E-state index in [1.54, 1.807) is 12.1 Å². The van der Waals surface area contributed by atoms with Crippen LogP contribution >= 0.6 is 0 Å². The van der Waals surface area contributed by atoms with Gasteiger partial charge in [0, 0.05) is 32.2 Å². The number of halogens is 1. The Hall–Kier alpha value is -2.49. The first-order valence-corrected chi connectivity index (χ1v) is 10.9. The molecule has 1 aliphatic rings. The van der Waals surface area contributed by atoms with Gasteiger partial charge in [0.2, 0.25) is 0 Å². The van der Waals surface area contributed by atoms with Crippen molar-refractivity contribution in [3.8, 4) is 11.1 Å². The normalized spacial score (nSPS) is 18.1. The molecule has 1 heterocycles. The smallest absolute Gasteiger partial charge is 0.123 e. The molecule has 0 amide bonds. The monoisotopic (exact) mass is 402 g/mol. The van der Waals surface area contributed by atoms with Crippen LogP contribution in [0.2, 0.25) is 0 Å². The lowest BCUT2D eigenvalue weighted by molar-refractivity contribution is 0.0835. The summed E-state index contributed by atoms with van der Waals surface area (Å²) in [6, 6.07) is 24.8. The van der Waals surface area contributed by atoms with Crippen LogP contribution in [0.25, 0.3) is 11.1 Å². The lowest BCUT2D eigenvalue weighted by atomic mass is 9.90. The predicted octanol–water partition coefficient (Wildman–Crippen LogP) is 6.10. The maximum atomic E-state index is 13.5. The lowest BCUT2D eigenvalue weighted by Crippen LogP contribution is -2.46. The molecule has 1 aliphatic heterocycles. The van der Waals surface area contributed by atoms with Crippen molar-refractivity contribution in [1.82, 2.24) is 9.80 Å². The molecule has 0 spiro atoms. The number of nitrogens with zero attached hydrogens (tertiary/aromatic N) is 2. The Bertz CT molecular complexity index is 980. The summed E-state index contributed by atoms with van der Waals surface area (Å²) in [5, 5.41) is 0. The predicted molar refractivity (Wildman–Crippen MR) is 123 cm³/mol. The van der Waals surface area contributed by atoms with E-state index in [0.29, 0.717) is 5.92 Å². The third kappa shape index (κ3) is 4.48. The topological polar surface area (TPSA) is 6.48 Å². The van der Waals surface area contributed by atoms with Crippen LogP contribution in [0, 0.1) is 5.82 Å². The number of likely N-dealkylation sites (N-methyl/N-ethyl adjacent to an activating group) is 1. The zero-order valence-electron chi connectivity index (χ0n) is 18.2. The maximum Gasteiger partial charge on any atom is 0.123 e. The molecule has 3 aromatic rings. The van der Waals surface area contributed by atoms with Gasteiger partial charge in [-0.05, 0) is 52.9 Å². The zero-order chi connectivity index (χ0) is 21.1. The number of benzene rings is 3. The first-order chi connectivity index (χ1) is 14.5. The Labute approximate surface area is 180 Å². The van der Waals surface area contributed by atoms with E-state index in [1.807, 2.05) is 12.1 Å². The van der Waals surface area contributed by atoms with Crippen LogP contribution in [0.4, 0.5) is 4.39 Å². The van der Waals surface area contributed by atoms with E-state index in [2.05, 4.69) is 79.2 Å². The fraction of sp³-hybridized carbons (Fsp3) is 0.333. The SMILES string of the molecule is CC(C)c1ccccc1-c1ccccc1CN1CCN(C)C[C@@H]1c1ccc(F)cc1. The second kappa shape index (κ2) is 9.11. The minimum Gasteiger partial charge on any atom is -0.303 e. The molecule has 1 saturated heterocycles. The van der Waals surface area contributed by atoms with Gasteiger partial charge < -0.3 is 4.90 Å². The molecule has 4 rings (SSSR count). The quantitative estimate of drug-likeness (QED) is 0.508. The molecule has 3 aromatic carbocycles. The summed E-state index contributed by atoms with van der Waals surface area (Å²) in [5.74, 6) is 0.301. The lowest BCUT2D eigenvalue weighted by Gasteiger charge is -2.40. The molecule has 3 heteroatoms. The van der Waals surface area contributed by atoms with E-state index < -0.39 is 0 Å². The van der Waals surface area contributed by atoms with Gasteiger partial charge in [0.15, 0.2) is 0 Å². The van der Waals surface area contributed by atoms with Crippen molar-refractivity contribution in [2.45, 2.75) is 32.4 Å². The van der Waals surface area contributed by atoms with Crippen LogP contribution in [-0.4, -0.2) is 36.5 Å². The number of hydrogen-bond donors (Lipinski definition) is 0. The van der Waals surface area contributed by atoms with Crippen molar-refractivity contribution in [2.24, 2.45) is 0 Å². The summed E-state index contributed by atoms with van der Waals surface area (Å²) in [6.45, 7) is 8.40. The summed E-state index contributed by atoms with van der Waals surface area (Å²) in [5.41, 5.74) is 6.57. The van der Waals surface area contributed by atoms with E-state index >= 15 is 0 Å². The molecule has 0 saturated carbocycles. The highest BCUT2D eigenvalue weighted by Gasteiger charge is 2.27. The molecule has 30 heavy (non-hydrogen) atoms. The first kappa shape index (κ1) is 20.8. The van der Waals surface area contributed by atoms with Gasteiger partial charge in [0.1, 0.15) is 5.82 Å². The molecule has 0 aliphatic carbocycles. The van der Waals surface area contributed by atoms with E-state index in [0.717, 1.165) is 26.2 Å². The first-order valence-electron chi connectivity index (χ1n) is 10.9. The third-order valence-corrected chi connectivity index (χ3v) is 6.21. The van der Waals surface area contributed by atoms with Gasteiger partial charge in [-0.2, -0.15) is 0 Å². The van der Waals surface area contributed by atoms with Crippen LogP contribution < -0.4 is 0 Å². The van der Waals surface area contributed by atoms with Crippen LogP contribution in [0.3, 0.4) is 0 Å². The van der Waals surface area contributed by atoms with Crippen LogP contribution in [-0.2, 0) is 6.54 Å². The minimum absolute atomic E-state index is 0.176. The molecule has 1 fully saturated rings. The average Bonchev–Trinajstić information content (AvgIpc) is 2.76. The van der Waals surface area contributed by atoms with Crippen molar-refractivity contribution < 1.29 is 4.39 Å². The Morgan fingerprint density at radius 1 is 0.867 bits per heavy atom. The van der Waals surface area contributed by atoms with Crippen molar-refractivity contribution in [1.29, 1.82) is 0 Å². The number of hydrogen-bond acceptors (Lipinski definition) is 2. The molecule has 0 bridgehead atoms. The largest absolute Gasteiger partial charge is 0.303 e. The van der Waals surface area contributed by atoms with Crippen molar-refractivity contribution in [2.75, 3.05) is 26.7 Å². The maximum absolute atomic E-state index is 13.5. The van der Waals surface area contributed by atoms with Gasteiger partial charge in [-0.3, -0.25) is 4.90 Å². The Kier molecular flexibility index (Phi) is 6.31. The molecule has 0 radical (unpaired) electrons. The van der Waals surface area contributed by atoms with Gasteiger partial charge in [-0.25, -0.2) is 4.39 Å².